The molecule has 0 unspecified atom stereocenters. The SMILES string of the molecule is CSCCOC(=O)CC(=O)OCOC(=O)CC(C)=O. The lowest BCUT2D eigenvalue weighted by atomic mass is 10.3. The predicted molar refractivity (Wildman–Crippen MR) is 66.3 cm³/mol. The van der Waals surface area contributed by atoms with E-state index < -0.39 is 31.1 Å². The summed E-state index contributed by atoms with van der Waals surface area (Å²) in [7, 11) is 0. The molecule has 0 aromatic carbocycles. The summed E-state index contributed by atoms with van der Waals surface area (Å²) in [4.78, 5) is 43.6. The normalized spacial score (nSPS) is 9.58. The van der Waals surface area contributed by atoms with Gasteiger partial charge in [0.2, 0.25) is 6.79 Å². The molecular weight excluding hydrogens is 276 g/mol. The van der Waals surface area contributed by atoms with E-state index >= 15 is 0 Å². The Labute approximate surface area is 114 Å². The van der Waals surface area contributed by atoms with Gasteiger partial charge in [-0.05, 0) is 13.2 Å². The van der Waals surface area contributed by atoms with E-state index in [9.17, 15) is 19.2 Å². The van der Waals surface area contributed by atoms with Crippen LogP contribution in [0.1, 0.15) is 19.8 Å². The summed E-state index contributed by atoms with van der Waals surface area (Å²) in [6, 6.07) is 0. The smallest absolute Gasteiger partial charge is 0.320 e. The van der Waals surface area contributed by atoms with Crippen LogP contribution in [-0.4, -0.2) is 49.1 Å². The minimum atomic E-state index is -0.857. The third kappa shape index (κ3) is 11.3. The molecule has 0 N–H and O–H groups in total. The molecule has 7 nitrogen and oxygen atoms in total. The number of hydrogen-bond donors (Lipinski definition) is 0. The summed E-state index contributed by atoms with van der Waals surface area (Å²) in [6.07, 6.45) is 0.935. The van der Waals surface area contributed by atoms with Gasteiger partial charge in [-0.1, -0.05) is 0 Å². The molecule has 0 saturated carbocycles. The second-order valence-electron chi connectivity index (χ2n) is 3.42. The Morgan fingerprint density at radius 1 is 0.895 bits per heavy atom. The fraction of sp³-hybridized carbons (Fsp3) is 0.636. The first kappa shape index (κ1) is 17.4. The van der Waals surface area contributed by atoms with Gasteiger partial charge in [0.15, 0.2) is 0 Å². The molecular formula is C11H16O7S. The lowest BCUT2D eigenvalue weighted by Crippen LogP contribution is -2.18. The summed E-state index contributed by atoms with van der Waals surface area (Å²) in [5.41, 5.74) is 0. The Bertz CT molecular complexity index is 340. The van der Waals surface area contributed by atoms with Crippen molar-refractivity contribution < 1.29 is 33.4 Å². The van der Waals surface area contributed by atoms with E-state index in [-0.39, 0.29) is 18.8 Å². The highest BCUT2D eigenvalue weighted by molar-refractivity contribution is 7.98. The zero-order valence-electron chi connectivity index (χ0n) is 10.8. The third-order valence-corrected chi connectivity index (χ3v) is 2.25. The van der Waals surface area contributed by atoms with E-state index in [1.54, 1.807) is 0 Å². The maximum absolute atomic E-state index is 11.1. The molecule has 8 heteroatoms. The van der Waals surface area contributed by atoms with Crippen molar-refractivity contribution in [2.75, 3.05) is 25.4 Å². The molecule has 19 heavy (non-hydrogen) atoms. The number of rotatable bonds is 9. The van der Waals surface area contributed by atoms with Gasteiger partial charge in [-0.3, -0.25) is 19.2 Å². The van der Waals surface area contributed by atoms with Crippen molar-refractivity contribution in [2.24, 2.45) is 0 Å². The van der Waals surface area contributed by atoms with Gasteiger partial charge in [0, 0.05) is 5.75 Å². The number of ether oxygens (including phenoxy) is 3. The maximum atomic E-state index is 11.1. The van der Waals surface area contributed by atoms with Crippen LogP contribution in [0.4, 0.5) is 0 Å². The monoisotopic (exact) mass is 292 g/mol. The fourth-order valence-corrected chi connectivity index (χ4v) is 1.12. The van der Waals surface area contributed by atoms with Crippen LogP contribution in [0.3, 0.4) is 0 Å². The van der Waals surface area contributed by atoms with E-state index in [2.05, 4.69) is 9.47 Å². The lowest BCUT2D eigenvalue weighted by Gasteiger charge is -2.06. The summed E-state index contributed by atoms with van der Waals surface area (Å²) < 4.78 is 13.6. The van der Waals surface area contributed by atoms with Gasteiger partial charge in [0.05, 0.1) is 0 Å². The highest BCUT2D eigenvalue weighted by Crippen LogP contribution is 1.96. The van der Waals surface area contributed by atoms with Crippen molar-refractivity contribution in [3.8, 4) is 0 Å². The standard InChI is InChI=1S/C11H16O7S/c1-8(12)5-9(13)17-7-18-11(15)6-10(14)16-3-4-19-2/h3-7H2,1-2H3. The van der Waals surface area contributed by atoms with Gasteiger partial charge in [-0.25, -0.2) is 0 Å². The third-order valence-electron chi connectivity index (χ3n) is 1.67. The van der Waals surface area contributed by atoms with Crippen LogP contribution in [0.5, 0.6) is 0 Å². The van der Waals surface area contributed by atoms with Crippen LogP contribution >= 0.6 is 11.8 Å². The topological polar surface area (TPSA) is 96.0 Å². The number of carbonyl (C=O) groups is 4. The number of Topliss-reactive ketones (excluding diaryl/α,β-unsaturated/α-hetero) is 1. The number of esters is 3. The molecule has 0 fully saturated rings. The largest absolute Gasteiger partial charge is 0.464 e. The molecule has 0 saturated heterocycles. The molecule has 0 atom stereocenters. The van der Waals surface area contributed by atoms with Gasteiger partial charge < -0.3 is 14.2 Å². The van der Waals surface area contributed by atoms with E-state index in [0.717, 1.165) is 0 Å². The maximum Gasteiger partial charge on any atom is 0.320 e. The quantitative estimate of drug-likeness (QED) is 0.259. The molecule has 0 aliphatic carbocycles. The van der Waals surface area contributed by atoms with Crippen molar-refractivity contribution in [1.29, 1.82) is 0 Å². The van der Waals surface area contributed by atoms with Crippen molar-refractivity contribution in [1.82, 2.24) is 0 Å². The number of hydrogen-bond acceptors (Lipinski definition) is 8. The molecule has 0 amide bonds. The summed E-state index contributed by atoms with van der Waals surface area (Å²) >= 11 is 1.51. The molecule has 0 heterocycles. The van der Waals surface area contributed by atoms with Crippen molar-refractivity contribution >= 4 is 35.5 Å². The fourth-order valence-electron chi connectivity index (χ4n) is 0.874. The number of ketones is 1. The van der Waals surface area contributed by atoms with Crippen molar-refractivity contribution in [3.63, 3.8) is 0 Å². The Morgan fingerprint density at radius 3 is 1.95 bits per heavy atom. The molecule has 0 radical (unpaired) electrons. The highest BCUT2D eigenvalue weighted by atomic mass is 32.2. The zero-order chi connectivity index (χ0) is 14.7. The van der Waals surface area contributed by atoms with Crippen LogP contribution in [0, 0.1) is 0 Å². The predicted octanol–water partition coefficient (Wildman–Crippen LogP) is 0.306. The van der Waals surface area contributed by atoms with Crippen LogP contribution < -0.4 is 0 Å². The van der Waals surface area contributed by atoms with Gasteiger partial charge in [-0.15, -0.1) is 0 Å². The van der Waals surface area contributed by atoms with Gasteiger partial charge in [0.1, 0.15) is 25.2 Å². The Morgan fingerprint density at radius 2 is 1.42 bits per heavy atom. The Kier molecular flexibility index (Phi) is 9.51. The number of carbonyl (C=O) groups excluding carboxylic acids is 4. The minimum Gasteiger partial charge on any atom is -0.464 e. The van der Waals surface area contributed by atoms with Gasteiger partial charge >= 0.3 is 17.9 Å². The second kappa shape index (κ2) is 10.4. The van der Waals surface area contributed by atoms with Gasteiger partial charge in [-0.2, -0.15) is 11.8 Å². The van der Waals surface area contributed by atoms with E-state index in [1.165, 1.54) is 18.7 Å². The summed E-state index contributed by atoms with van der Waals surface area (Å²) in [5.74, 6) is -2.06. The van der Waals surface area contributed by atoms with Crippen LogP contribution in [0.25, 0.3) is 0 Å². The highest BCUT2D eigenvalue weighted by Gasteiger charge is 2.13. The van der Waals surface area contributed by atoms with E-state index in [0.29, 0.717) is 5.75 Å². The minimum absolute atomic E-state index is 0.223. The Hall–Kier alpha value is -1.57. The first-order valence-electron chi connectivity index (χ1n) is 5.41. The first-order chi connectivity index (χ1) is 8.95. The molecule has 0 spiro atoms. The summed E-state index contributed by atoms with van der Waals surface area (Å²) in [6.45, 7) is 0.835. The van der Waals surface area contributed by atoms with Crippen molar-refractivity contribution in [3.05, 3.63) is 0 Å². The van der Waals surface area contributed by atoms with Crippen LogP contribution in [0.2, 0.25) is 0 Å². The molecule has 0 aliphatic heterocycles. The summed E-state index contributed by atoms with van der Waals surface area (Å²) in [5, 5.41) is 0. The van der Waals surface area contributed by atoms with Gasteiger partial charge in [0.25, 0.3) is 0 Å². The first-order valence-corrected chi connectivity index (χ1v) is 6.80. The van der Waals surface area contributed by atoms with E-state index in [4.69, 9.17) is 4.74 Å². The van der Waals surface area contributed by atoms with Crippen LogP contribution in [0.15, 0.2) is 0 Å². The molecule has 0 aromatic heterocycles. The average molecular weight is 292 g/mol. The average Bonchev–Trinajstić information content (AvgIpc) is 2.28. The van der Waals surface area contributed by atoms with Crippen molar-refractivity contribution in [2.45, 2.75) is 19.8 Å². The molecule has 0 bridgehead atoms. The number of thioether (sulfide) groups is 1. The molecule has 0 aromatic rings. The zero-order valence-corrected chi connectivity index (χ0v) is 11.6. The molecule has 108 valence electrons. The Balaban J connectivity index is 3.66. The van der Waals surface area contributed by atoms with E-state index in [1.807, 2.05) is 6.26 Å². The second-order valence-corrected chi connectivity index (χ2v) is 4.40. The molecule has 0 aliphatic rings. The lowest BCUT2D eigenvalue weighted by molar-refractivity contribution is -0.169. The van der Waals surface area contributed by atoms with Crippen LogP contribution in [-0.2, 0) is 33.4 Å². The molecule has 0 rings (SSSR count).